The van der Waals surface area contributed by atoms with Gasteiger partial charge in [-0.3, -0.25) is 0 Å². The fraction of sp³-hybridized carbons (Fsp3) is 0.0500. The number of aromatic hydroxyl groups is 1. The number of ether oxygens (including phenoxy) is 1. The molecule has 0 radical (unpaired) electrons. The summed E-state index contributed by atoms with van der Waals surface area (Å²) in [5.74, 6) is -0.856. The Bertz CT molecular complexity index is 1100. The number of nitrogens with one attached hydrogen (secondary N) is 1. The van der Waals surface area contributed by atoms with E-state index in [9.17, 15) is 15.2 Å². The van der Waals surface area contributed by atoms with Crippen molar-refractivity contribution >= 4 is 28.6 Å². The van der Waals surface area contributed by atoms with Crippen LogP contribution >= 0.6 is 11.3 Å². The van der Waals surface area contributed by atoms with Crippen molar-refractivity contribution in [1.29, 1.82) is 5.26 Å². The first-order valence-electron chi connectivity index (χ1n) is 8.05. The summed E-state index contributed by atoms with van der Waals surface area (Å²) in [6, 6.07) is 13.6. The van der Waals surface area contributed by atoms with Crippen LogP contribution in [0.4, 0.5) is 5.69 Å². The van der Waals surface area contributed by atoms with Gasteiger partial charge in [0.25, 0.3) is 0 Å². The summed E-state index contributed by atoms with van der Waals surface area (Å²) in [7, 11) is 1.59. The molecule has 1 heterocycles. The number of anilines is 1. The van der Waals surface area contributed by atoms with E-state index in [4.69, 9.17) is 9.84 Å². The lowest BCUT2D eigenvalue weighted by molar-refractivity contribution is 0.0694. The average molecular weight is 393 g/mol. The third-order valence-corrected chi connectivity index (χ3v) is 4.71. The van der Waals surface area contributed by atoms with Crippen LogP contribution in [0.3, 0.4) is 0 Å². The van der Waals surface area contributed by atoms with Crippen LogP contribution in [0.15, 0.2) is 54.0 Å². The van der Waals surface area contributed by atoms with Crippen molar-refractivity contribution in [1.82, 2.24) is 4.98 Å². The molecule has 0 amide bonds. The molecule has 0 aliphatic rings. The summed E-state index contributed by atoms with van der Waals surface area (Å²) < 4.78 is 5.22. The van der Waals surface area contributed by atoms with E-state index in [1.165, 1.54) is 35.7 Å². The zero-order valence-electron chi connectivity index (χ0n) is 14.7. The zero-order valence-corrected chi connectivity index (χ0v) is 15.5. The normalized spacial score (nSPS) is 10.9. The third kappa shape index (κ3) is 4.11. The predicted octanol–water partition coefficient (Wildman–Crippen LogP) is 4.20. The Hall–Kier alpha value is -3.83. The minimum Gasteiger partial charge on any atom is -0.507 e. The summed E-state index contributed by atoms with van der Waals surface area (Å²) in [6.45, 7) is 0. The van der Waals surface area contributed by atoms with E-state index >= 15 is 0 Å². The van der Waals surface area contributed by atoms with Crippen molar-refractivity contribution in [2.24, 2.45) is 0 Å². The van der Waals surface area contributed by atoms with Gasteiger partial charge in [-0.25, -0.2) is 9.78 Å². The molecule has 8 heteroatoms. The van der Waals surface area contributed by atoms with Crippen LogP contribution in [0.2, 0.25) is 0 Å². The van der Waals surface area contributed by atoms with Crippen LogP contribution in [0.5, 0.6) is 11.5 Å². The molecule has 3 aromatic rings. The second kappa shape index (κ2) is 8.24. The lowest BCUT2D eigenvalue weighted by Gasteiger charge is -2.05. The van der Waals surface area contributed by atoms with Crippen LogP contribution in [0, 0.1) is 11.3 Å². The smallest absolute Gasteiger partial charge is 0.339 e. The largest absolute Gasteiger partial charge is 0.507 e. The number of aromatic nitrogens is 1. The highest BCUT2D eigenvalue weighted by Gasteiger charge is 2.12. The maximum Gasteiger partial charge on any atom is 0.339 e. The molecule has 0 bridgehead atoms. The van der Waals surface area contributed by atoms with Gasteiger partial charge in [0.2, 0.25) is 0 Å². The van der Waals surface area contributed by atoms with Crippen molar-refractivity contribution in [3.8, 4) is 28.8 Å². The Kier molecular flexibility index (Phi) is 5.58. The van der Waals surface area contributed by atoms with Crippen molar-refractivity contribution in [3.05, 3.63) is 64.6 Å². The first-order valence-corrected chi connectivity index (χ1v) is 8.93. The van der Waals surface area contributed by atoms with Crippen LogP contribution in [-0.4, -0.2) is 28.3 Å². The van der Waals surface area contributed by atoms with Gasteiger partial charge < -0.3 is 20.3 Å². The second-order valence-corrected chi connectivity index (χ2v) is 6.48. The number of carbonyl (C=O) groups is 1. The molecule has 0 spiro atoms. The number of allylic oxidation sites excluding steroid dienone is 1. The van der Waals surface area contributed by atoms with E-state index < -0.39 is 5.97 Å². The fourth-order valence-corrected chi connectivity index (χ4v) is 3.20. The highest BCUT2D eigenvalue weighted by molar-refractivity contribution is 7.11. The van der Waals surface area contributed by atoms with E-state index in [1.807, 2.05) is 29.6 Å². The molecule has 2 aromatic carbocycles. The molecule has 3 rings (SSSR count). The van der Waals surface area contributed by atoms with Gasteiger partial charge in [0.1, 0.15) is 33.7 Å². The number of phenols is 1. The summed E-state index contributed by atoms with van der Waals surface area (Å²) in [6.07, 6.45) is 1.45. The van der Waals surface area contributed by atoms with Crippen LogP contribution < -0.4 is 10.1 Å². The van der Waals surface area contributed by atoms with Gasteiger partial charge in [0.15, 0.2) is 0 Å². The molecule has 0 unspecified atom stereocenters. The first-order chi connectivity index (χ1) is 13.5. The molecular formula is C20H15N3O4S. The van der Waals surface area contributed by atoms with Gasteiger partial charge in [-0.2, -0.15) is 5.26 Å². The maximum absolute atomic E-state index is 11.1. The number of hydrogen-bond acceptors (Lipinski definition) is 7. The molecular weight excluding hydrogens is 378 g/mol. The van der Waals surface area contributed by atoms with Gasteiger partial charge in [-0.1, -0.05) is 12.1 Å². The number of rotatable bonds is 6. The Labute approximate surface area is 164 Å². The molecule has 0 saturated carbocycles. The first kappa shape index (κ1) is 18.9. The predicted molar refractivity (Wildman–Crippen MR) is 106 cm³/mol. The Morgan fingerprint density at radius 3 is 2.86 bits per heavy atom. The lowest BCUT2D eigenvalue weighted by atomic mass is 10.1. The highest BCUT2D eigenvalue weighted by Crippen LogP contribution is 2.28. The van der Waals surface area contributed by atoms with E-state index in [0.717, 1.165) is 11.3 Å². The number of nitrogens with zero attached hydrogens (tertiary/aromatic N) is 2. The molecule has 0 aliphatic heterocycles. The number of benzene rings is 2. The SMILES string of the molecule is COc1cccc(-c2csc(C(C#N)=CNc3ccc(O)c(C(=O)O)c3)n2)c1. The highest BCUT2D eigenvalue weighted by atomic mass is 32.1. The number of nitriles is 1. The number of hydrogen-bond donors (Lipinski definition) is 3. The quantitative estimate of drug-likeness (QED) is 0.424. The molecule has 28 heavy (non-hydrogen) atoms. The van der Waals surface area contributed by atoms with Gasteiger partial charge in [-0.05, 0) is 30.3 Å². The summed E-state index contributed by atoms with van der Waals surface area (Å²) in [4.78, 5) is 15.6. The van der Waals surface area contributed by atoms with E-state index in [-0.39, 0.29) is 11.3 Å². The van der Waals surface area contributed by atoms with Gasteiger partial charge in [0, 0.05) is 22.8 Å². The number of methoxy groups -OCH3 is 1. The average Bonchev–Trinajstić information content (AvgIpc) is 3.19. The second-order valence-electron chi connectivity index (χ2n) is 5.62. The number of aromatic carboxylic acids is 1. The topological polar surface area (TPSA) is 115 Å². The maximum atomic E-state index is 11.1. The van der Waals surface area contributed by atoms with Gasteiger partial charge >= 0.3 is 5.97 Å². The van der Waals surface area contributed by atoms with E-state index in [2.05, 4.69) is 16.4 Å². The summed E-state index contributed by atoms with van der Waals surface area (Å²) >= 11 is 1.32. The summed E-state index contributed by atoms with van der Waals surface area (Å²) in [5.41, 5.74) is 2.08. The van der Waals surface area contributed by atoms with Gasteiger partial charge in [-0.15, -0.1) is 11.3 Å². The third-order valence-electron chi connectivity index (χ3n) is 3.83. The molecule has 0 fully saturated rings. The van der Waals surface area contributed by atoms with Gasteiger partial charge in [0.05, 0.1) is 12.8 Å². The number of thiazole rings is 1. The van der Waals surface area contributed by atoms with Crippen molar-refractivity contribution in [2.75, 3.05) is 12.4 Å². The molecule has 3 N–H and O–H groups in total. The number of carboxylic acid groups (broad SMARTS) is 1. The Morgan fingerprint density at radius 1 is 1.32 bits per heavy atom. The van der Waals surface area contributed by atoms with E-state index in [1.54, 1.807) is 7.11 Å². The molecule has 140 valence electrons. The molecule has 7 nitrogen and oxygen atoms in total. The van der Waals surface area contributed by atoms with Crippen molar-refractivity contribution < 1.29 is 19.7 Å². The molecule has 0 saturated heterocycles. The standard InChI is InChI=1S/C20H15N3O4S/c1-27-15-4-2-3-12(7-15)17-11-28-19(23-17)13(9-21)10-22-14-5-6-18(24)16(8-14)20(25)26/h2-8,10-11,22,24H,1H3,(H,25,26). The number of carboxylic acids is 1. The zero-order chi connectivity index (χ0) is 20.1. The Morgan fingerprint density at radius 2 is 2.14 bits per heavy atom. The summed E-state index contributed by atoms with van der Waals surface area (Å²) in [5, 5.41) is 33.3. The minimum atomic E-state index is -1.24. The molecule has 0 atom stereocenters. The fourth-order valence-electron chi connectivity index (χ4n) is 2.41. The Balaban J connectivity index is 1.84. The van der Waals surface area contributed by atoms with E-state index in [0.29, 0.717) is 22.0 Å². The molecule has 0 aliphatic carbocycles. The lowest BCUT2D eigenvalue weighted by Crippen LogP contribution is -1.98. The minimum absolute atomic E-state index is 0.230. The van der Waals surface area contributed by atoms with Crippen LogP contribution in [0.25, 0.3) is 16.8 Å². The van der Waals surface area contributed by atoms with Crippen molar-refractivity contribution in [3.63, 3.8) is 0 Å². The van der Waals surface area contributed by atoms with Crippen LogP contribution in [-0.2, 0) is 0 Å². The molecule has 1 aromatic heterocycles. The monoisotopic (exact) mass is 393 g/mol. The van der Waals surface area contributed by atoms with Crippen LogP contribution in [0.1, 0.15) is 15.4 Å². The van der Waals surface area contributed by atoms with Crippen molar-refractivity contribution in [2.45, 2.75) is 0 Å².